The summed E-state index contributed by atoms with van der Waals surface area (Å²) in [6.45, 7) is -1.75. The molecular weight excluding hydrogens is 248 g/mol. The number of aliphatic hydroxyl groups is 3. The molecule has 7 heteroatoms. The first kappa shape index (κ1) is 13.9. The van der Waals surface area contributed by atoms with Crippen LogP contribution in [0.4, 0.5) is 0 Å². The highest BCUT2D eigenvalue weighted by Gasteiger charge is 2.30. The van der Waals surface area contributed by atoms with Crippen LogP contribution in [0.15, 0.2) is 18.3 Å². The fourth-order valence-electron chi connectivity index (χ4n) is 1.08. The Morgan fingerprint density at radius 3 is 2.29 bits per heavy atom. The number of carbonyl (C=O) groups excluding carboxylic acids is 1. The summed E-state index contributed by atoms with van der Waals surface area (Å²) < 4.78 is 0. The number of nitrogens with one attached hydrogen (secondary N) is 1. The molecule has 0 aromatic carbocycles. The number of nitrogens with zero attached hydrogens (tertiary/aromatic N) is 1. The van der Waals surface area contributed by atoms with Crippen molar-refractivity contribution >= 4 is 17.5 Å². The second kappa shape index (κ2) is 5.92. The van der Waals surface area contributed by atoms with Gasteiger partial charge >= 0.3 is 0 Å². The van der Waals surface area contributed by atoms with Gasteiger partial charge in [0, 0.05) is 6.20 Å². The number of pyridine rings is 1. The Morgan fingerprint density at radius 1 is 1.29 bits per heavy atom. The molecule has 0 atom stereocenters. The van der Waals surface area contributed by atoms with Gasteiger partial charge in [0.1, 0.15) is 11.2 Å². The number of halogens is 1. The first-order valence-electron chi connectivity index (χ1n) is 4.83. The zero-order valence-electron chi connectivity index (χ0n) is 8.93. The molecule has 0 unspecified atom stereocenters. The number of aromatic nitrogens is 1. The Labute approximate surface area is 103 Å². The lowest BCUT2D eigenvalue weighted by molar-refractivity contribution is 0.0373. The maximum absolute atomic E-state index is 11.7. The second-order valence-electron chi connectivity index (χ2n) is 3.57. The van der Waals surface area contributed by atoms with Crippen molar-refractivity contribution in [1.29, 1.82) is 0 Å². The van der Waals surface area contributed by atoms with Crippen LogP contribution in [0.2, 0.25) is 5.02 Å². The van der Waals surface area contributed by atoms with Gasteiger partial charge in [0.15, 0.2) is 0 Å². The van der Waals surface area contributed by atoms with Crippen LogP contribution in [0.25, 0.3) is 0 Å². The van der Waals surface area contributed by atoms with Crippen molar-refractivity contribution in [2.24, 2.45) is 0 Å². The molecule has 0 spiro atoms. The van der Waals surface area contributed by atoms with Crippen molar-refractivity contribution < 1.29 is 20.1 Å². The fraction of sp³-hybridized carbons (Fsp3) is 0.400. The Morgan fingerprint density at radius 2 is 1.88 bits per heavy atom. The van der Waals surface area contributed by atoms with E-state index in [-0.39, 0.29) is 5.69 Å². The highest BCUT2D eigenvalue weighted by atomic mass is 35.5. The Kier molecular flexibility index (Phi) is 4.83. The van der Waals surface area contributed by atoms with Crippen molar-refractivity contribution in [2.75, 3.05) is 19.8 Å². The largest absolute Gasteiger partial charge is 0.394 e. The van der Waals surface area contributed by atoms with Gasteiger partial charge in [0.25, 0.3) is 5.91 Å². The molecule has 1 rings (SSSR count). The third kappa shape index (κ3) is 3.37. The number of hydrogen-bond donors (Lipinski definition) is 4. The van der Waals surface area contributed by atoms with E-state index in [1.54, 1.807) is 0 Å². The van der Waals surface area contributed by atoms with Gasteiger partial charge in [-0.15, -0.1) is 0 Å². The van der Waals surface area contributed by atoms with Gasteiger partial charge in [0.2, 0.25) is 0 Å². The number of rotatable bonds is 5. The fourth-order valence-corrected chi connectivity index (χ4v) is 1.20. The molecule has 1 amide bonds. The van der Waals surface area contributed by atoms with Gasteiger partial charge in [-0.25, -0.2) is 4.98 Å². The van der Waals surface area contributed by atoms with E-state index in [4.69, 9.17) is 26.9 Å². The molecule has 4 N–H and O–H groups in total. The third-order valence-electron chi connectivity index (χ3n) is 2.25. The van der Waals surface area contributed by atoms with Crippen molar-refractivity contribution in [3.63, 3.8) is 0 Å². The van der Waals surface area contributed by atoms with Gasteiger partial charge in [0.05, 0.1) is 24.8 Å². The summed E-state index contributed by atoms with van der Waals surface area (Å²) in [7, 11) is 0. The minimum Gasteiger partial charge on any atom is -0.394 e. The summed E-state index contributed by atoms with van der Waals surface area (Å²) in [6, 6.07) is 2.89. The summed E-state index contributed by atoms with van der Waals surface area (Å²) in [6.07, 6.45) is 1.30. The average molecular weight is 261 g/mol. The van der Waals surface area contributed by atoms with Gasteiger partial charge in [-0.05, 0) is 12.1 Å². The summed E-state index contributed by atoms with van der Waals surface area (Å²) in [5.74, 6) is -0.612. The first-order valence-corrected chi connectivity index (χ1v) is 5.21. The molecule has 0 aliphatic carbocycles. The van der Waals surface area contributed by atoms with E-state index in [0.717, 1.165) is 0 Å². The van der Waals surface area contributed by atoms with Crippen LogP contribution >= 0.6 is 11.6 Å². The first-order chi connectivity index (χ1) is 8.06. The third-order valence-corrected chi connectivity index (χ3v) is 2.47. The molecule has 94 valence electrons. The van der Waals surface area contributed by atoms with Gasteiger partial charge < -0.3 is 20.6 Å². The quantitative estimate of drug-likeness (QED) is 0.554. The van der Waals surface area contributed by atoms with E-state index < -0.39 is 31.3 Å². The van der Waals surface area contributed by atoms with E-state index >= 15 is 0 Å². The second-order valence-corrected chi connectivity index (χ2v) is 4.01. The van der Waals surface area contributed by atoms with Gasteiger partial charge in [-0.2, -0.15) is 0 Å². The molecule has 6 nitrogen and oxygen atoms in total. The molecule has 0 saturated heterocycles. The van der Waals surface area contributed by atoms with Crippen LogP contribution in [0.5, 0.6) is 0 Å². The van der Waals surface area contributed by atoms with E-state index in [1.165, 1.54) is 18.3 Å². The summed E-state index contributed by atoms with van der Waals surface area (Å²) in [5.41, 5.74) is -1.38. The molecule has 0 aliphatic rings. The van der Waals surface area contributed by atoms with Crippen LogP contribution in [-0.4, -0.2) is 51.6 Å². The van der Waals surface area contributed by atoms with Crippen LogP contribution in [0.3, 0.4) is 0 Å². The Bertz CT molecular complexity index is 370. The minimum atomic E-state index is -1.46. The average Bonchev–Trinajstić information content (AvgIpc) is 2.37. The zero-order valence-corrected chi connectivity index (χ0v) is 9.68. The van der Waals surface area contributed by atoms with Crippen LogP contribution in [-0.2, 0) is 0 Å². The number of hydrogen-bond acceptors (Lipinski definition) is 5. The minimum absolute atomic E-state index is 0.0779. The van der Waals surface area contributed by atoms with Crippen molar-refractivity contribution in [3.05, 3.63) is 29.0 Å². The molecule has 1 heterocycles. The molecule has 17 heavy (non-hydrogen) atoms. The Balaban J connectivity index is 2.81. The maximum Gasteiger partial charge on any atom is 0.270 e. The smallest absolute Gasteiger partial charge is 0.270 e. The molecule has 0 saturated carbocycles. The predicted molar refractivity (Wildman–Crippen MR) is 60.7 cm³/mol. The molecule has 0 fully saturated rings. The van der Waals surface area contributed by atoms with E-state index in [2.05, 4.69) is 10.3 Å². The predicted octanol–water partition coefficient (Wildman–Crippen LogP) is -0.819. The van der Waals surface area contributed by atoms with Crippen LogP contribution in [0, 0.1) is 0 Å². The van der Waals surface area contributed by atoms with Gasteiger partial charge in [-0.3, -0.25) is 4.79 Å². The lowest BCUT2D eigenvalue weighted by atomic mass is 10.0. The van der Waals surface area contributed by atoms with Crippen molar-refractivity contribution in [1.82, 2.24) is 10.3 Å². The normalized spacial score (nSPS) is 11.3. The topological polar surface area (TPSA) is 103 Å². The molecule has 0 aliphatic heterocycles. The van der Waals surface area contributed by atoms with Crippen LogP contribution < -0.4 is 5.32 Å². The number of amides is 1. The number of carbonyl (C=O) groups is 1. The molecule has 1 aromatic rings. The lowest BCUT2D eigenvalue weighted by Gasteiger charge is -2.28. The highest BCUT2D eigenvalue weighted by molar-refractivity contribution is 6.30. The molecule has 1 aromatic heterocycles. The monoisotopic (exact) mass is 260 g/mol. The standard InChI is InChI=1S/C10H13ClN2O4/c11-7-1-2-8(12-3-7)9(17)13-10(4-14,5-15)6-16/h1-3,14-16H,4-6H2,(H,13,17). The van der Waals surface area contributed by atoms with Crippen molar-refractivity contribution in [2.45, 2.75) is 5.54 Å². The maximum atomic E-state index is 11.7. The molecule has 0 bridgehead atoms. The van der Waals surface area contributed by atoms with E-state index in [9.17, 15) is 4.79 Å². The van der Waals surface area contributed by atoms with Gasteiger partial charge in [-0.1, -0.05) is 11.6 Å². The highest BCUT2D eigenvalue weighted by Crippen LogP contribution is 2.08. The lowest BCUT2D eigenvalue weighted by Crippen LogP contribution is -2.57. The molecule has 0 radical (unpaired) electrons. The summed E-state index contributed by atoms with van der Waals surface area (Å²) >= 11 is 5.62. The summed E-state index contributed by atoms with van der Waals surface area (Å²) in [4.78, 5) is 15.5. The van der Waals surface area contributed by atoms with E-state index in [1.807, 2.05) is 0 Å². The van der Waals surface area contributed by atoms with E-state index in [0.29, 0.717) is 5.02 Å². The summed E-state index contributed by atoms with van der Waals surface area (Å²) in [5, 5.41) is 29.8. The molecular formula is C10H13ClN2O4. The SMILES string of the molecule is O=C(NC(CO)(CO)CO)c1ccc(Cl)cn1. The van der Waals surface area contributed by atoms with Crippen molar-refractivity contribution in [3.8, 4) is 0 Å². The zero-order chi connectivity index (χ0) is 12.9. The Hall–Kier alpha value is -1.21. The number of aliphatic hydroxyl groups excluding tert-OH is 3. The van der Waals surface area contributed by atoms with Crippen LogP contribution in [0.1, 0.15) is 10.5 Å².